The molecule has 0 heterocycles. The van der Waals surface area contributed by atoms with Crippen LogP contribution in [0, 0.1) is 0 Å². The highest BCUT2D eigenvalue weighted by molar-refractivity contribution is 6.34. The van der Waals surface area contributed by atoms with Gasteiger partial charge in [0.2, 0.25) is 0 Å². The molecule has 2 radical (unpaired) electrons. The molecule has 1 aromatic rings. The van der Waals surface area contributed by atoms with Crippen molar-refractivity contribution in [3.8, 4) is 0 Å². The van der Waals surface area contributed by atoms with E-state index in [2.05, 4.69) is 0 Å². The van der Waals surface area contributed by atoms with Gasteiger partial charge in [0.15, 0.2) is 0 Å². The Bertz CT molecular complexity index is 261. The molecular weight excluding hydrogens is 228 g/mol. The lowest BCUT2D eigenvalue weighted by Crippen LogP contribution is -2.50. The van der Waals surface area contributed by atoms with Gasteiger partial charge in [-0.15, -0.1) is 0 Å². The zero-order chi connectivity index (χ0) is 12.6. The summed E-state index contributed by atoms with van der Waals surface area (Å²) in [6, 6.07) is 7.05. The monoisotopic (exact) mass is 243 g/mol. The van der Waals surface area contributed by atoms with E-state index in [1.54, 1.807) is 24.3 Å². The first-order valence-corrected chi connectivity index (χ1v) is 4.98. The number of halogens is 1. The maximum absolute atomic E-state index is 8.34. The smallest absolute Gasteiger partial charge is 0.113 e. The molecule has 0 aliphatic carbocycles. The fourth-order valence-electron chi connectivity index (χ4n) is 0.613. The van der Waals surface area contributed by atoms with E-state index >= 15 is 0 Å². The maximum atomic E-state index is 8.34. The molecule has 88 valence electrons. The molecule has 0 atom stereocenters. The topological polar surface area (TPSA) is 86.7 Å². The van der Waals surface area contributed by atoms with Crippen LogP contribution < -0.4 is 11.2 Å². The Labute approximate surface area is 101 Å². The third-order valence-electron chi connectivity index (χ3n) is 1.81. The maximum Gasteiger partial charge on any atom is 0.113 e. The van der Waals surface area contributed by atoms with E-state index in [0.717, 1.165) is 10.5 Å². The van der Waals surface area contributed by atoms with E-state index < -0.39 is 25.4 Å². The highest BCUT2D eigenvalue weighted by atomic mass is 35.5. The standard InChI is InChI=1S/C6H4BCl.C4H11NO3/c7-5-1-3-6(8)4-2-5;5-4(1-6,2-7)3-8/h1-4H;6-8H,1-3,5H2. The number of hydrogen-bond donors (Lipinski definition) is 4. The van der Waals surface area contributed by atoms with E-state index in [-0.39, 0.29) is 0 Å². The van der Waals surface area contributed by atoms with Gasteiger partial charge in [0.1, 0.15) is 7.85 Å². The summed E-state index contributed by atoms with van der Waals surface area (Å²) in [6.07, 6.45) is 0. The SMILES string of the molecule is NC(CO)(CO)CO.[B]c1ccc(Cl)cc1. The van der Waals surface area contributed by atoms with Gasteiger partial charge in [-0.05, 0) is 12.1 Å². The summed E-state index contributed by atoms with van der Waals surface area (Å²) >= 11 is 5.56. The zero-order valence-electron chi connectivity index (χ0n) is 8.81. The molecule has 1 rings (SSSR count). The minimum absolute atomic E-state index is 0.403. The van der Waals surface area contributed by atoms with Gasteiger partial charge in [0, 0.05) is 5.02 Å². The van der Waals surface area contributed by atoms with Crippen molar-refractivity contribution in [2.75, 3.05) is 19.8 Å². The molecule has 0 fully saturated rings. The van der Waals surface area contributed by atoms with Gasteiger partial charge in [0.05, 0.1) is 25.4 Å². The fraction of sp³-hybridized carbons (Fsp3) is 0.400. The van der Waals surface area contributed by atoms with Crippen LogP contribution >= 0.6 is 11.6 Å². The van der Waals surface area contributed by atoms with Crippen molar-refractivity contribution < 1.29 is 15.3 Å². The lowest BCUT2D eigenvalue weighted by molar-refractivity contribution is 0.0698. The molecule has 0 saturated heterocycles. The van der Waals surface area contributed by atoms with E-state index in [1.807, 2.05) is 0 Å². The highest BCUT2D eigenvalue weighted by Gasteiger charge is 2.20. The van der Waals surface area contributed by atoms with Crippen molar-refractivity contribution >= 4 is 24.9 Å². The van der Waals surface area contributed by atoms with Crippen molar-refractivity contribution in [1.82, 2.24) is 0 Å². The number of hydrogen-bond acceptors (Lipinski definition) is 4. The Hall–Kier alpha value is -0.585. The van der Waals surface area contributed by atoms with Gasteiger partial charge < -0.3 is 21.1 Å². The zero-order valence-corrected chi connectivity index (χ0v) is 9.56. The van der Waals surface area contributed by atoms with Crippen LogP contribution in [0.5, 0.6) is 0 Å². The molecule has 0 amide bonds. The molecule has 5 N–H and O–H groups in total. The summed E-state index contributed by atoms with van der Waals surface area (Å²) < 4.78 is 0. The Balaban J connectivity index is 0.000000281. The third-order valence-corrected chi connectivity index (χ3v) is 2.07. The van der Waals surface area contributed by atoms with Crippen LogP contribution in [0.25, 0.3) is 0 Å². The summed E-state index contributed by atoms with van der Waals surface area (Å²) in [5, 5.41) is 25.7. The predicted molar refractivity (Wildman–Crippen MR) is 65.0 cm³/mol. The molecule has 1 aromatic carbocycles. The molecular formula is C10H15BClNO3. The highest BCUT2D eigenvalue weighted by Crippen LogP contribution is 2.02. The van der Waals surface area contributed by atoms with Crippen LogP contribution in [-0.2, 0) is 0 Å². The molecule has 6 heteroatoms. The number of aliphatic hydroxyl groups excluding tert-OH is 3. The second-order valence-electron chi connectivity index (χ2n) is 3.39. The van der Waals surface area contributed by atoms with Gasteiger partial charge >= 0.3 is 0 Å². The average molecular weight is 243 g/mol. The molecule has 0 bridgehead atoms. The molecule has 4 nitrogen and oxygen atoms in total. The van der Waals surface area contributed by atoms with E-state index in [9.17, 15) is 0 Å². The van der Waals surface area contributed by atoms with Crippen LogP contribution in [0.4, 0.5) is 0 Å². The van der Waals surface area contributed by atoms with Gasteiger partial charge in [-0.2, -0.15) is 0 Å². The number of nitrogens with two attached hydrogens (primary N) is 1. The molecule has 0 saturated carbocycles. The summed E-state index contributed by atoms with van der Waals surface area (Å²) in [4.78, 5) is 0. The van der Waals surface area contributed by atoms with Crippen LogP contribution in [0.1, 0.15) is 0 Å². The summed E-state index contributed by atoms with van der Waals surface area (Å²) in [7, 11) is 5.37. The molecule has 0 spiro atoms. The molecule has 16 heavy (non-hydrogen) atoms. The number of rotatable bonds is 3. The van der Waals surface area contributed by atoms with Crippen LogP contribution in [0.2, 0.25) is 5.02 Å². The molecule has 0 aromatic heterocycles. The number of benzene rings is 1. The summed E-state index contributed by atoms with van der Waals surface area (Å²) in [5.41, 5.74) is 4.68. The van der Waals surface area contributed by atoms with Crippen LogP contribution in [0.15, 0.2) is 24.3 Å². The predicted octanol–water partition coefficient (Wildman–Crippen LogP) is -1.21. The minimum atomic E-state index is -1.21. The first-order chi connectivity index (χ1) is 7.47. The third kappa shape index (κ3) is 6.10. The minimum Gasteiger partial charge on any atom is -0.394 e. The first-order valence-electron chi connectivity index (χ1n) is 4.60. The second kappa shape index (κ2) is 7.65. The van der Waals surface area contributed by atoms with Crippen molar-refractivity contribution in [3.05, 3.63) is 29.3 Å². The second-order valence-corrected chi connectivity index (χ2v) is 3.82. The van der Waals surface area contributed by atoms with Crippen LogP contribution in [-0.4, -0.2) is 48.5 Å². The van der Waals surface area contributed by atoms with E-state index in [4.69, 9.17) is 40.5 Å². The van der Waals surface area contributed by atoms with Crippen molar-refractivity contribution in [1.29, 1.82) is 0 Å². The lowest BCUT2D eigenvalue weighted by Gasteiger charge is -2.20. The summed E-state index contributed by atoms with van der Waals surface area (Å²) in [5.74, 6) is 0. The van der Waals surface area contributed by atoms with Gasteiger partial charge in [-0.25, -0.2) is 0 Å². The summed E-state index contributed by atoms with van der Waals surface area (Å²) in [6.45, 7) is -1.21. The Kier molecular flexibility index (Phi) is 7.37. The lowest BCUT2D eigenvalue weighted by atomic mass is 9.97. The molecule has 0 aliphatic rings. The molecule has 0 unspecified atom stereocenters. The first kappa shape index (κ1) is 15.4. The largest absolute Gasteiger partial charge is 0.394 e. The van der Waals surface area contributed by atoms with Crippen molar-refractivity contribution in [2.24, 2.45) is 5.73 Å². The van der Waals surface area contributed by atoms with Gasteiger partial charge in [0.25, 0.3) is 0 Å². The number of aliphatic hydroxyl groups is 3. The fourth-order valence-corrected chi connectivity index (χ4v) is 0.739. The van der Waals surface area contributed by atoms with E-state index in [0.29, 0.717) is 0 Å². The molecule has 0 aliphatic heterocycles. The van der Waals surface area contributed by atoms with Crippen molar-refractivity contribution in [3.63, 3.8) is 0 Å². The Morgan fingerprint density at radius 2 is 1.44 bits per heavy atom. The van der Waals surface area contributed by atoms with Crippen LogP contribution in [0.3, 0.4) is 0 Å². The Morgan fingerprint density at radius 3 is 1.62 bits per heavy atom. The Morgan fingerprint density at radius 1 is 1.06 bits per heavy atom. The van der Waals surface area contributed by atoms with Gasteiger partial charge in [-0.3, -0.25) is 0 Å². The quantitative estimate of drug-likeness (QED) is 0.502. The van der Waals surface area contributed by atoms with E-state index in [1.165, 1.54) is 0 Å². The van der Waals surface area contributed by atoms with Gasteiger partial charge in [-0.1, -0.05) is 29.2 Å². The normalized spacial score (nSPS) is 10.6. The van der Waals surface area contributed by atoms with Crippen molar-refractivity contribution in [2.45, 2.75) is 5.54 Å². The average Bonchev–Trinajstić information content (AvgIpc) is 2.33.